The lowest BCUT2D eigenvalue weighted by molar-refractivity contribution is -0.114. The lowest BCUT2D eigenvalue weighted by atomic mass is 10.1. The summed E-state index contributed by atoms with van der Waals surface area (Å²) in [5.74, 6) is -0.162. The molecule has 0 spiro atoms. The first-order valence-corrected chi connectivity index (χ1v) is 9.72. The summed E-state index contributed by atoms with van der Waals surface area (Å²) in [6.45, 7) is 4.11. The highest BCUT2D eigenvalue weighted by Crippen LogP contribution is 2.27. The predicted molar refractivity (Wildman–Crippen MR) is 117 cm³/mol. The van der Waals surface area contributed by atoms with Gasteiger partial charge in [-0.1, -0.05) is 0 Å². The Morgan fingerprint density at radius 3 is 2.35 bits per heavy atom. The van der Waals surface area contributed by atoms with Crippen LogP contribution in [0.5, 0.6) is 0 Å². The second kappa shape index (κ2) is 10.1. The summed E-state index contributed by atoms with van der Waals surface area (Å²) in [5, 5.41) is 14.6. The molecule has 1 aromatic carbocycles. The Labute approximate surface area is 180 Å². The van der Waals surface area contributed by atoms with Crippen molar-refractivity contribution in [3.63, 3.8) is 0 Å². The first kappa shape index (κ1) is 22.3. The van der Waals surface area contributed by atoms with E-state index in [9.17, 15) is 9.59 Å². The molecule has 9 heteroatoms. The van der Waals surface area contributed by atoms with Crippen LogP contribution in [0.2, 0.25) is 0 Å². The van der Waals surface area contributed by atoms with Crippen molar-refractivity contribution in [2.24, 2.45) is 5.10 Å². The molecule has 0 saturated carbocycles. The molecule has 2 aromatic rings. The topological polar surface area (TPSA) is 105 Å². The Balaban J connectivity index is 1.78. The predicted octanol–water partition coefficient (Wildman–Crippen LogP) is 2.88. The Bertz CT molecular complexity index is 985. The summed E-state index contributed by atoms with van der Waals surface area (Å²) in [5.41, 5.74) is 1.58. The van der Waals surface area contributed by atoms with Gasteiger partial charge in [-0.15, -0.1) is 0 Å². The summed E-state index contributed by atoms with van der Waals surface area (Å²) in [6.07, 6.45) is 1.65. The number of aromatic carboxylic acids is 1. The third-order valence-electron chi connectivity index (χ3n) is 4.76. The lowest BCUT2D eigenvalue weighted by Crippen LogP contribution is -2.30. The number of anilines is 2. The fourth-order valence-electron chi connectivity index (χ4n) is 3.07. The van der Waals surface area contributed by atoms with Gasteiger partial charge in [-0.3, -0.25) is 4.79 Å². The van der Waals surface area contributed by atoms with Gasteiger partial charge in [0.25, 0.3) is 5.91 Å². The minimum absolute atomic E-state index is 0.140. The molecule has 1 aromatic heterocycles. The average molecular weight is 427 g/mol. The van der Waals surface area contributed by atoms with Crippen LogP contribution in [0.15, 0.2) is 51.5 Å². The average Bonchev–Trinajstić information content (AvgIpc) is 3.34. The zero-order valence-corrected chi connectivity index (χ0v) is 17.7. The molecule has 1 aliphatic heterocycles. The molecule has 0 aliphatic carbocycles. The van der Waals surface area contributed by atoms with Gasteiger partial charge < -0.3 is 23.9 Å². The van der Waals surface area contributed by atoms with Crippen molar-refractivity contribution < 1.29 is 28.6 Å². The number of carboxylic acids is 1. The highest BCUT2D eigenvalue weighted by molar-refractivity contribution is 6.32. The fourth-order valence-corrected chi connectivity index (χ4v) is 3.07. The van der Waals surface area contributed by atoms with Gasteiger partial charge in [0.2, 0.25) is 0 Å². The van der Waals surface area contributed by atoms with Crippen LogP contribution in [0.1, 0.15) is 23.0 Å². The van der Waals surface area contributed by atoms with E-state index in [4.69, 9.17) is 19.0 Å². The number of carbonyl (C=O) groups excluding carboxylic acids is 1. The second-order valence-electron chi connectivity index (χ2n) is 6.86. The molecule has 9 nitrogen and oxygen atoms in total. The van der Waals surface area contributed by atoms with E-state index in [1.165, 1.54) is 17.1 Å². The van der Waals surface area contributed by atoms with Crippen LogP contribution < -0.4 is 9.91 Å². The molecule has 0 radical (unpaired) electrons. The van der Waals surface area contributed by atoms with Crippen LogP contribution in [-0.2, 0) is 14.3 Å². The summed E-state index contributed by atoms with van der Waals surface area (Å²) in [6, 6.07) is 9.60. The molecule has 0 unspecified atom stereocenters. The number of carboxylic acid groups (broad SMARTS) is 1. The number of benzene rings is 1. The molecule has 0 atom stereocenters. The number of ether oxygens (including phenoxy) is 2. The molecule has 0 fully saturated rings. The van der Waals surface area contributed by atoms with Gasteiger partial charge >= 0.3 is 5.97 Å². The fraction of sp³-hybridized carbons (Fsp3) is 0.318. The Morgan fingerprint density at radius 2 is 1.77 bits per heavy atom. The number of amides is 1. The molecular formula is C22H25N3O6. The summed E-state index contributed by atoms with van der Waals surface area (Å²) in [4.78, 5) is 25.9. The minimum Gasteiger partial charge on any atom is -0.478 e. The molecule has 164 valence electrons. The molecule has 0 bridgehead atoms. The zero-order chi connectivity index (χ0) is 22.4. The standard InChI is InChI=1S/C22H25N3O6/c1-15-19(21(26)25(23-15)17-6-4-16(5-7-17)22(27)28)14-18-8-9-20(31-18)24(10-12-29-2)11-13-30-3/h4-9,14H,10-13H2,1-3H3,(H,27,28)/b19-14-. The summed E-state index contributed by atoms with van der Waals surface area (Å²) >= 11 is 0. The van der Waals surface area contributed by atoms with Crippen LogP contribution in [0.4, 0.5) is 11.6 Å². The van der Waals surface area contributed by atoms with Gasteiger partial charge in [-0.25, -0.2) is 4.79 Å². The molecule has 1 N–H and O–H groups in total. The SMILES string of the molecule is COCCN(CCOC)c1ccc(/C=C2\C(=O)N(c3ccc(C(=O)O)cc3)N=C2C)o1. The number of rotatable bonds is 10. The smallest absolute Gasteiger partial charge is 0.335 e. The maximum Gasteiger partial charge on any atom is 0.335 e. The molecule has 3 rings (SSSR count). The van der Waals surface area contributed by atoms with Crippen molar-refractivity contribution in [3.05, 3.63) is 53.3 Å². The van der Waals surface area contributed by atoms with Crippen molar-refractivity contribution in [1.29, 1.82) is 0 Å². The number of hydrogen-bond acceptors (Lipinski definition) is 7. The first-order valence-electron chi connectivity index (χ1n) is 9.72. The molecule has 2 heterocycles. The third kappa shape index (κ3) is 5.19. The third-order valence-corrected chi connectivity index (χ3v) is 4.76. The van der Waals surface area contributed by atoms with Crippen LogP contribution >= 0.6 is 0 Å². The van der Waals surface area contributed by atoms with Gasteiger partial charge in [-0.05, 0) is 43.3 Å². The molecule has 1 amide bonds. The van der Waals surface area contributed by atoms with E-state index in [1.54, 1.807) is 45.4 Å². The number of nitrogens with zero attached hydrogens (tertiary/aromatic N) is 3. The first-order chi connectivity index (χ1) is 14.9. The van der Waals surface area contributed by atoms with E-state index in [0.717, 1.165) is 0 Å². The normalized spacial score (nSPS) is 14.9. The molecular weight excluding hydrogens is 402 g/mol. The van der Waals surface area contributed by atoms with E-state index >= 15 is 0 Å². The second-order valence-corrected chi connectivity index (χ2v) is 6.86. The van der Waals surface area contributed by atoms with E-state index in [0.29, 0.717) is 54.9 Å². The largest absolute Gasteiger partial charge is 0.478 e. The van der Waals surface area contributed by atoms with Gasteiger partial charge in [0.05, 0.1) is 35.7 Å². The zero-order valence-electron chi connectivity index (χ0n) is 17.7. The quantitative estimate of drug-likeness (QED) is 0.581. The van der Waals surface area contributed by atoms with E-state index in [2.05, 4.69) is 5.10 Å². The summed E-state index contributed by atoms with van der Waals surface area (Å²) < 4.78 is 16.2. The van der Waals surface area contributed by atoms with Crippen molar-refractivity contribution in [1.82, 2.24) is 0 Å². The van der Waals surface area contributed by atoms with Gasteiger partial charge in [0, 0.05) is 33.4 Å². The number of methoxy groups -OCH3 is 2. The minimum atomic E-state index is -1.03. The number of furan rings is 1. The van der Waals surface area contributed by atoms with Gasteiger partial charge in [0.1, 0.15) is 5.76 Å². The number of hydrogen-bond donors (Lipinski definition) is 1. The molecule has 31 heavy (non-hydrogen) atoms. The maximum atomic E-state index is 12.9. The van der Waals surface area contributed by atoms with Crippen LogP contribution in [0.3, 0.4) is 0 Å². The number of hydrazone groups is 1. The van der Waals surface area contributed by atoms with E-state index in [1.807, 2.05) is 11.0 Å². The van der Waals surface area contributed by atoms with Crippen LogP contribution in [0.25, 0.3) is 6.08 Å². The monoisotopic (exact) mass is 427 g/mol. The van der Waals surface area contributed by atoms with Crippen LogP contribution in [-0.4, -0.2) is 63.2 Å². The Morgan fingerprint density at radius 1 is 1.13 bits per heavy atom. The van der Waals surface area contributed by atoms with Crippen LogP contribution in [0, 0.1) is 0 Å². The number of carbonyl (C=O) groups is 2. The summed E-state index contributed by atoms with van der Waals surface area (Å²) in [7, 11) is 3.28. The highest BCUT2D eigenvalue weighted by Gasteiger charge is 2.29. The van der Waals surface area contributed by atoms with E-state index in [-0.39, 0.29) is 11.5 Å². The van der Waals surface area contributed by atoms with Crippen molar-refractivity contribution in [2.45, 2.75) is 6.92 Å². The van der Waals surface area contributed by atoms with Gasteiger partial charge in [-0.2, -0.15) is 10.1 Å². The molecule has 0 saturated heterocycles. The maximum absolute atomic E-state index is 12.9. The van der Waals surface area contributed by atoms with E-state index < -0.39 is 5.97 Å². The Hall–Kier alpha value is -3.43. The van der Waals surface area contributed by atoms with Crippen molar-refractivity contribution >= 4 is 35.2 Å². The Kier molecular flexibility index (Phi) is 7.22. The highest BCUT2D eigenvalue weighted by atomic mass is 16.5. The lowest BCUT2D eigenvalue weighted by Gasteiger charge is -2.20. The molecule has 1 aliphatic rings. The van der Waals surface area contributed by atoms with Gasteiger partial charge in [0.15, 0.2) is 5.88 Å². The van der Waals surface area contributed by atoms with Crippen molar-refractivity contribution in [2.75, 3.05) is 50.4 Å². The van der Waals surface area contributed by atoms with Crippen molar-refractivity contribution in [3.8, 4) is 0 Å².